The molecule has 0 aliphatic carbocycles. The molecule has 0 atom stereocenters. The van der Waals surface area contributed by atoms with Gasteiger partial charge in [0, 0.05) is 19.2 Å². The predicted octanol–water partition coefficient (Wildman–Crippen LogP) is -1.59. The van der Waals surface area contributed by atoms with Crippen molar-refractivity contribution in [2.24, 2.45) is 0 Å². The summed E-state index contributed by atoms with van der Waals surface area (Å²) in [5.74, 6) is 0. The molecule has 6 heteroatoms. The van der Waals surface area contributed by atoms with E-state index in [2.05, 4.69) is 0 Å². The SMILES string of the molecule is OCCN(/C=C/C=C/C=[N+](CCO)CCO)CCO. The summed E-state index contributed by atoms with van der Waals surface area (Å²) in [5.41, 5.74) is 0. The molecular formula is C13H25N2O4+. The van der Waals surface area contributed by atoms with E-state index in [1.807, 2.05) is 15.6 Å². The van der Waals surface area contributed by atoms with E-state index >= 15 is 0 Å². The highest BCUT2D eigenvalue weighted by atomic mass is 16.3. The average molecular weight is 273 g/mol. The van der Waals surface area contributed by atoms with Crippen molar-refractivity contribution in [2.75, 3.05) is 52.6 Å². The van der Waals surface area contributed by atoms with Gasteiger partial charge in [0.05, 0.1) is 13.2 Å². The third-order valence-corrected chi connectivity index (χ3v) is 2.36. The van der Waals surface area contributed by atoms with Crippen LogP contribution in [0.5, 0.6) is 0 Å². The van der Waals surface area contributed by atoms with Crippen LogP contribution in [0.1, 0.15) is 0 Å². The number of aliphatic hydroxyl groups excluding tert-OH is 4. The lowest BCUT2D eigenvalue weighted by molar-refractivity contribution is -0.527. The number of aliphatic hydroxyl groups is 4. The number of allylic oxidation sites excluding steroid dienone is 3. The highest BCUT2D eigenvalue weighted by molar-refractivity contribution is 5.66. The zero-order valence-corrected chi connectivity index (χ0v) is 11.2. The molecule has 0 aromatic heterocycles. The molecule has 0 bridgehead atoms. The molecule has 0 aromatic rings. The quantitative estimate of drug-likeness (QED) is 0.207. The molecule has 0 saturated carbocycles. The van der Waals surface area contributed by atoms with Crippen molar-refractivity contribution in [1.82, 2.24) is 4.90 Å². The van der Waals surface area contributed by atoms with Crippen molar-refractivity contribution in [3.8, 4) is 0 Å². The summed E-state index contributed by atoms with van der Waals surface area (Å²) < 4.78 is 1.81. The Balaban J connectivity index is 4.25. The van der Waals surface area contributed by atoms with Gasteiger partial charge in [0.25, 0.3) is 0 Å². The van der Waals surface area contributed by atoms with Crippen LogP contribution in [0.15, 0.2) is 24.4 Å². The summed E-state index contributed by atoms with van der Waals surface area (Å²) >= 11 is 0. The van der Waals surface area contributed by atoms with Gasteiger partial charge >= 0.3 is 0 Å². The molecule has 19 heavy (non-hydrogen) atoms. The highest BCUT2D eigenvalue weighted by Gasteiger charge is 1.99. The van der Waals surface area contributed by atoms with E-state index in [1.54, 1.807) is 24.6 Å². The monoisotopic (exact) mass is 273 g/mol. The number of hydrogen-bond acceptors (Lipinski definition) is 5. The minimum atomic E-state index is 0.0426. The Morgan fingerprint density at radius 2 is 1.32 bits per heavy atom. The first-order valence-corrected chi connectivity index (χ1v) is 6.38. The maximum absolute atomic E-state index is 8.82. The standard InChI is InChI=1S/C13H25N2O4/c16-10-6-14(7-11-17)4-2-1-3-5-15(8-12-18)9-13-19/h1-5,16-19H,6-13H2/q+1. The molecule has 6 nitrogen and oxygen atoms in total. The van der Waals surface area contributed by atoms with Gasteiger partial charge in [-0.05, 0) is 12.3 Å². The van der Waals surface area contributed by atoms with Crippen LogP contribution >= 0.6 is 0 Å². The molecule has 0 fully saturated rings. The summed E-state index contributed by atoms with van der Waals surface area (Å²) in [6.45, 7) is 2.10. The zero-order chi connectivity index (χ0) is 14.3. The van der Waals surface area contributed by atoms with E-state index in [4.69, 9.17) is 20.4 Å². The summed E-state index contributed by atoms with van der Waals surface area (Å²) in [4.78, 5) is 1.81. The maximum atomic E-state index is 8.82. The molecule has 0 radical (unpaired) electrons. The van der Waals surface area contributed by atoms with Gasteiger partial charge in [-0.25, -0.2) is 4.58 Å². The number of hydrogen-bond donors (Lipinski definition) is 4. The van der Waals surface area contributed by atoms with Gasteiger partial charge in [0.1, 0.15) is 13.2 Å². The lowest BCUT2D eigenvalue weighted by atomic mass is 10.4. The summed E-state index contributed by atoms with van der Waals surface area (Å²) in [6, 6.07) is 0. The van der Waals surface area contributed by atoms with E-state index in [0.717, 1.165) is 0 Å². The molecule has 0 amide bonds. The van der Waals surface area contributed by atoms with Gasteiger partial charge in [-0.3, -0.25) is 0 Å². The van der Waals surface area contributed by atoms with Crippen LogP contribution in [0.3, 0.4) is 0 Å². The van der Waals surface area contributed by atoms with E-state index in [0.29, 0.717) is 26.2 Å². The summed E-state index contributed by atoms with van der Waals surface area (Å²) in [7, 11) is 0. The van der Waals surface area contributed by atoms with Crippen LogP contribution in [0, 0.1) is 0 Å². The third kappa shape index (κ3) is 10.4. The van der Waals surface area contributed by atoms with E-state index in [9.17, 15) is 0 Å². The summed E-state index contributed by atoms with van der Waals surface area (Å²) in [6.07, 6.45) is 9.00. The minimum absolute atomic E-state index is 0.0426. The molecule has 0 spiro atoms. The van der Waals surface area contributed by atoms with Crippen LogP contribution in [0.2, 0.25) is 0 Å². The first-order chi connectivity index (χ1) is 9.28. The van der Waals surface area contributed by atoms with Crippen LogP contribution in [-0.2, 0) is 0 Å². The van der Waals surface area contributed by atoms with Crippen molar-refractivity contribution < 1.29 is 25.0 Å². The van der Waals surface area contributed by atoms with Crippen molar-refractivity contribution >= 4 is 6.21 Å². The molecule has 110 valence electrons. The van der Waals surface area contributed by atoms with E-state index in [1.165, 1.54) is 0 Å². The van der Waals surface area contributed by atoms with Crippen LogP contribution < -0.4 is 0 Å². The second-order valence-corrected chi connectivity index (χ2v) is 3.84. The smallest absolute Gasteiger partial charge is 0.165 e. The van der Waals surface area contributed by atoms with Gasteiger partial charge in [-0.15, -0.1) is 0 Å². The first-order valence-electron chi connectivity index (χ1n) is 6.38. The van der Waals surface area contributed by atoms with Crippen molar-refractivity contribution in [3.63, 3.8) is 0 Å². The lowest BCUT2D eigenvalue weighted by Crippen LogP contribution is -2.24. The predicted molar refractivity (Wildman–Crippen MR) is 74.3 cm³/mol. The molecule has 0 aliphatic heterocycles. The molecular weight excluding hydrogens is 248 g/mol. The lowest BCUT2D eigenvalue weighted by Gasteiger charge is -2.16. The Morgan fingerprint density at radius 1 is 0.737 bits per heavy atom. The van der Waals surface area contributed by atoms with Crippen LogP contribution in [-0.4, -0.2) is 88.7 Å². The van der Waals surface area contributed by atoms with Gasteiger partial charge in [-0.2, -0.15) is 0 Å². The fraction of sp³-hybridized carbons (Fsp3) is 0.615. The molecule has 0 rings (SSSR count). The minimum Gasteiger partial charge on any atom is -0.395 e. The Morgan fingerprint density at radius 3 is 1.79 bits per heavy atom. The van der Waals surface area contributed by atoms with Gasteiger partial charge < -0.3 is 25.3 Å². The topological polar surface area (TPSA) is 87.2 Å². The highest BCUT2D eigenvalue weighted by Crippen LogP contribution is 1.89. The first kappa shape index (κ1) is 17.8. The molecule has 0 aromatic carbocycles. The fourth-order valence-corrected chi connectivity index (χ4v) is 1.44. The Kier molecular flexibility index (Phi) is 12.4. The Labute approximate surface area is 114 Å². The summed E-state index contributed by atoms with van der Waals surface area (Å²) in [5, 5.41) is 35.3. The second-order valence-electron chi connectivity index (χ2n) is 3.84. The normalized spacial score (nSPS) is 11.4. The van der Waals surface area contributed by atoms with Crippen LogP contribution in [0.25, 0.3) is 0 Å². The molecule has 0 saturated heterocycles. The molecule has 4 N–H and O–H groups in total. The van der Waals surface area contributed by atoms with Crippen molar-refractivity contribution in [2.45, 2.75) is 0 Å². The second kappa shape index (κ2) is 13.2. The number of rotatable bonds is 11. The Bertz CT molecular complexity index is 276. The van der Waals surface area contributed by atoms with Crippen molar-refractivity contribution in [1.29, 1.82) is 0 Å². The van der Waals surface area contributed by atoms with Gasteiger partial charge in [0.15, 0.2) is 19.3 Å². The molecule has 0 aliphatic rings. The number of nitrogens with zero attached hydrogens (tertiary/aromatic N) is 2. The van der Waals surface area contributed by atoms with Crippen LogP contribution in [0.4, 0.5) is 0 Å². The van der Waals surface area contributed by atoms with Crippen molar-refractivity contribution in [3.05, 3.63) is 24.4 Å². The van der Waals surface area contributed by atoms with E-state index in [-0.39, 0.29) is 26.4 Å². The maximum Gasteiger partial charge on any atom is 0.165 e. The van der Waals surface area contributed by atoms with Gasteiger partial charge in [0.2, 0.25) is 0 Å². The van der Waals surface area contributed by atoms with Gasteiger partial charge in [-0.1, -0.05) is 6.08 Å². The van der Waals surface area contributed by atoms with E-state index < -0.39 is 0 Å². The zero-order valence-electron chi connectivity index (χ0n) is 11.2. The fourth-order valence-electron chi connectivity index (χ4n) is 1.44. The third-order valence-electron chi connectivity index (χ3n) is 2.36. The Hall–Kier alpha value is -1.21. The molecule has 0 heterocycles. The largest absolute Gasteiger partial charge is 0.395 e. The molecule has 0 unspecified atom stereocenters. The average Bonchev–Trinajstić information content (AvgIpc) is 2.39.